The van der Waals surface area contributed by atoms with Gasteiger partial charge in [-0.15, -0.1) is 0 Å². The lowest BCUT2D eigenvalue weighted by molar-refractivity contribution is 0.363. The molecule has 1 nitrogen and oxygen atoms in total. The standard InChI is InChI=1S/C9H14N/c1-2-4-9(5-3-1)6-7-10-8-9/h2,4H,1,3,5-8H2. The van der Waals surface area contributed by atoms with Gasteiger partial charge in [-0.05, 0) is 25.7 Å². The molecular weight excluding hydrogens is 122 g/mol. The number of hydrogen-bond donors (Lipinski definition) is 0. The van der Waals surface area contributed by atoms with Gasteiger partial charge in [0.2, 0.25) is 0 Å². The minimum absolute atomic E-state index is 0.526. The van der Waals surface area contributed by atoms with Crippen LogP contribution in [0.1, 0.15) is 25.7 Å². The third-order valence-corrected chi connectivity index (χ3v) is 2.71. The van der Waals surface area contributed by atoms with Gasteiger partial charge in [-0.25, -0.2) is 5.32 Å². The van der Waals surface area contributed by atoms with Crippen molar-refractivity contribution in [2.45, 2.75) is 25.7 Å². The summed E-state index contributed by atoms with van der Waals surface area (Å²) in [6.07, 6.45) is 10.1. The Labute approximate surface area is 62.5 Å². The molecule has 1 spiro atoms. The average Bonchev–Trinajstić information content (AvgIpc) is 2.39. The first kappa shape index (κ1) is 6.41. The molecule has 0 amide bonds. The van der Waals surface area contributed by atoms with Crippen molar-refractivity contribution in [3.05, 3.63) is 12.2 Å². The van der Waals surface area contributed by atoms with Gasteiger partial charge in [-0.1, -0.05) is 12.2 Å². The first-order valence-electron chi connectivity index (χ1n) is 4.22. The molecule has 1 aliphatic carbocycles. The van der Waals surface area contributed by atoms with E-state index in [0.717, 1.165) is 13.1 Å². The lowest BCUT2D eigenvalue weighted by Gasteiger charge is -2.26. The fourth-order valence-electron chi connectivity index (χ4n) is 2.01. The third-order valence-electron chi connectivity index (χ3n) is 2.71. The monoisotopic (exact) mass is 136 g/mol. The van der Waals surface area contributed by atoms with Gasteiger partial charge in [-0.2, -0.15) is 0 Å². The van der Waals surface area contributed by atoms with Crippen LogP contribution >= 0.6 is 0 Å². The molecule has 0 N–H and O–H groups in total. The van der Waals surface area contributed by atoms with E-state index in [1.54, 1.807) is 0 Å². The molecule has 1 radical (unpaired) electrons. The fraction of sp³-hybridized carbons (Fsp3) is 0.778. The molecule has 0 aromatic carbocycles. The van der Waals surface area contributed by atoms with E-state index in [-0.39, 0.29) is 0 Å². The van der Waals surface area contributed by atoms with Crippen LogP contribution in [0.15, 0.2) is 12.2 Å². The molecule has 0 saturated carbocycles. The first-order chi connectivity index (χ1) is 4.91. The molecule has 0 aromatic rings. The molecule has 1 unspecified atom stereocenters. The largest absolute Gasteiger partial charge is 0.241 e. The molecule has 0 aromatic heterocycles. The normalized spacial score (nSPS) is 39.2. The summed E-state index contributed by atoms with van der Waals surface area (Å²) in [6, 6.07) is 0. The second-order valence-electron chi connectivity index (χ2n) is 3.51. The quantitative estimate of drug-likeness (QED) is 0.450. The lowest BCUT2D eigenvalue weighted by Crippen LogP contribution is -2.21. The highest BCUT2D eigenvalue weighted by molar-refractivity contribution is 5.07. The van der Waals surface area contributed by atoms with Gasteiger partial charge in [0.05, 0.1) is 0 Å². The van der Waals surface area contributed by atoms with Crippen molar-refractivity contribution < 1.29 is 0 Å². The van der Waals surface area contributed by atoms with Crippen molar-refractivity contribution in [3.63, 3.8) is 0 Å². The van der Waals surface area contributed by atoms with Crippen LogP contribution < -0.4 is 5.32 Å². The Kier molecular flexibility index (Phi) is 1.53. The maximum Gasteiger partial charge on any atom is 0.0225 e. The van der Waals surface area contributed by atoms with Crippen molar-refractivity contribution in [1.29, 1.82) is 0 Å². The predicted molar refractivity (Wildman–Crippen MR) is 41.9 cm³/mol. The van der Waals surface area contributed by atoms with Gasteiger partial charge in [0.1, 0.15) is 0 Å². The van der Waals surface area contributed by atoms with E-state index >= 15 is 0 Å². The molecule has 2 aliphatic rings. The highest BCUT2D eigenvalue weighted by atomic mass is 14.9. The Morgan fingerprint density at radius 3 is 2.90 bits per heavy atom. The van der Waals surface area contributed by atoms with Crippen molar-refractivity contribution in [3.8, 4) is 0 Å². The zero-order valence-corrected chi connectivity index (χ0v) is 6.34. The topological polar surface area (TPSA) is 14.1 Å². The molecule has 10 heavy (non-hydrogen) atoms. The summed E-state index contributed by atoms with van der Waals surface area (Å²) in [5.41, 5.74) is 0.526. The summed E-state index contributed by atoms with van der Waals surface area (Å²) in [6.45, 7) is 2.20. The molecule has 1 heterocycles. The molecule has 1 atom stereocenters. The molecule has 1 fully saturated rings. The van der Waals surface area contributed by atoms with Gasteiger partial charge >= 0.3 is 0 Å². The van der Waals surface area contributed by atoms with E-state index in [1.807, 2.05) is 0 Å². The van der Waals surface area contributed by atoms with Gasteiger partial charge in [0.15, 0.2) is 0 Å². The summed E-state index contributed by atoms with van der Waals surface area (Å²) in [5.74, 6) is 0. The van der Waals surface area contributed by atoms with Crippen molar-refractivity contribution in [1.82, 2.24) is 5.32 Å². The van der Waals surface area contributed by atoms with Crippen molar-refractivity contribution >= 4 is 0 Å². The molecule has 55 valence electrons. The van der Waals surface area contributed by atoms with E-state index in [9.17, 15) is 0 Å². The van der Waals surface area contributed by atoms with Crippen LogP contribution in [0.2, 0.25) is 0 Å². The maximum absolute atomic E-state index is 4.41. The highest BCUT2D eigenvalue weighted by Crippen LogP contribution is 2.36. The fourth-order valence-corrected chi connectivity index (χ4v) is 2.01. The first-order valence-corrected chi connectivity index (χ1v) is 4.22. The number of nitrogens with zero attached hydrogens (tertiary/aromatic N) is 1. The second-order valence-corrected chi connectivity index (χ2v) is 3.51. The number of rotatable bonds is 0. The maximum atomic E-state index is 4.41. The van der Waals surface area contributed by atoms with Gasteiger partial charge in [0, 0.05) is 18.5 Å². The Morgan fingerprint density at radius 2 is 2.30 bits per heavy atom. The van der Waals surface area contributed by atoms with Crippen molar-refractivity contribution in [2.75, 3.05) is 13.1 Å². The summed E-state index contributed by atoms with van der Waals surface area (Å²) in [5, 5.41) is 4.41. The zero-order valence-electron chi connectivity index (χ0n) is 6.34. The van der Waals surface area contributed by atoms with Crippen LogP contribution in [-0.2, 0) is 0 Å². The predicted octanol–water partition coefficient (Wildman–Crippen LogP) is 1.72. The van der Waals surface area contributed by atoms with E-state index in [0.29, 0.717) is 5.41 Å². The number of hydrogen-bond acceptors (Lipinski definition) is 0. The van der Waals surface area contributed by atoms with E-state index in [1.165, 1.54) is 25.7 Å². The summed E-state index contributed by atoms with van der Waals surface area (Å²) >= 11 is 0. The second kappa shape index (κ2) is 2.39. The van der Waals surface area contributed by atoms with Crippen LogP contribution in [0.5, 0.6) is 0 Å². The molecule has 1 aliphatic heterocycles. The SMILES string of the molecule is C1=CC2(CCC1)CC[N]C2. The third kappa shape index (κ3) is 0.988. The van der Waals surface area contributed by atoms with E-state index in [4.69, 9.17) is 0 Å². The summed E-state index contributed by atoms with van der Waals surface area (Å²) in [7, 11) is 0. The van der Waals surface area contributed by atoms with Crippen LogP contribution in [0, 0.1) is 5.41 Å². The van der Waals surface area contributed by atoms with Crippen molar-refractivity contribution in [2.24, 2.45) is 5.41 Å². The van der Waals surface area contributed by atoms with Crippen LogP contribution in [0.3, 0.4) is 0 Å². The zero-order chi connectivity index (χ0) is 6.86. The molecule has 1 saturated heterocycles. The van der Waals surface area contributed by atoms with Gasteiger partial charge in [0.25, 0.3) is 0 Å². The lowest BCUT2D eigenvalue weighted by atomic mass is 9.78. The Bertz CT molecular complexity index is 143. The van der Waals surface area contributed by atoms with Gasteiger partial charge in [-0.3, -0.25) is 0 Å². The average molecular weight is 136 g/mol. The molecule has 1 heteroatoms. The van der Waals surface area contributed by atoms with Gasteiger partial charge < -0.3 is 0 Å². The molecule has 2 rings (SSSR count). The van der Waals surface area contributed by atoms with E-state index < -0.39 is 0 Å². The smallest absolute Gasteiger partial charge is 0.0225 e. The minimum atomic E-state index is 0.526. The summed E-state index contributed by atoms with van der Waals surface area (Å²) in [4.78, 5) is 0. The number of allylic oxidation sites excluding steroid dienone is 1. The Balaban J connectivity index is 2.11. The molecular formula is C9H14N. The Morgan fingerprint density at radius 1 is 1.30 bits per heavy atom. The molecule has 0 bridgehead atoms. The minimum Gasteiger partial charge on any atom is -0.241 e. The van der Waals surface area contributed by atoms with E-state index in [2.05, 4.69) is 17.5 Å². The van der Waals surface area contributed by atoms with Crippen LogP contribution in [0.25, 0.3) is 0 Å². The summed E-state index contributed by atoms with van der Waals surface area (Å²) < 4.78 is 0. The van der Waals surface area contributed by atoms with Crippen LogP contribution in [-0.4, -0.2) is 13.1 Å². The highest BCUT2D eigenvalue weighted by Gasteiger charge is 2.32. The van der Waals surface area contributed by atoms with Crippen LogP contribution in [0.4, 0.5) is 0 Å². The Hall–Kier alpha value is -0.300.